The maximum absolute atomic E-state index is 12.9. The van der Waals surface area contributed by atoms with Crippen molar-refractivity contribution in [2.45, 2.75) is 25.3 Å². The second kappa shape index (κ2) is 8.52. The van der Waals surface area contributed by atoms with E-state index >= 15 is 0 Å². The van der Waals surface area contributed by atoms with Gasteiger partial charge in [0.05, 0.1) is 0 Å². The highest BCUT2D eigenvalue weighted by Gasteiger charge is 2.41. The van der Waals surface area contributed by atoms with Crippen LogP contribution in [0, 0.1) is 0 Å². The molecule has 4 nitrogen and oxygen atoms in total. The fourth-order valence-electron chi connectivity index (χ4n) is 2.82. The topological polar surface area (TPSA) is 57.3 Å². The first kappa shape index (κ1) is 20.0. The maximum atomic E-state index is 12.9. The standard InChI is InChI=1S/C20H20F4N2O2/c21-19(22)20(23,24)12-28-16-3-1-2-13(8-16)10-25-7-6-14-11-26-18-9-15(27)4-5-17(14)18/h1-5,8-9,11,19,25-27H,6-7,10,12H2. The second-order valence-corrected chi connectivity index (χ2v) is 6.47. The molecule has 0 atom stereocenters. The smallest absolute Gasteiger partial charge is 0.340 e. The molecule has 0 fully saturated rings. The minimum atomic E-state index is -4.18. The Balaban J connectivity index is 1.49. The first-order chi connectivity index (χ1) is 13.3. The summed E-state index contributed by atoms with van der Waals surface area (Å²) in [5.41, 5.74) is 2.76. The van der Waals surface area contributed by atoms with E-state index in [-0.39, 0.29) is 11.5 Å². The van der Waals surface area contributed by atoms with Crippen LogP contribution >= 0.6 is 0 Å². The Labute approximate surface area is 159 Å². The van der Waals surface area contributed by atoms with Crippen molar-refractivity contribution in [1.29, 1.82) is 0 Å². The number of phenols is 1. The van der Waals surface area contributed by atoms with Crippen molar-refractivity contribution in [2.24, 2.45) is 0 Å². The number of fused-ring (bicyclic) bond motifs is 1. The van der Waals surface area contributed by atoms with E-state index in [1.165, 1.54) is 6.07 Å². The first-order valence-corrected chi connectivity index (χ1v) is 8.72. The van der Waals surface area contributed by atoms with E-state index in [4.69, 9.17) is 4.74 Å². The van der Waals surface area contributed by atoms with Crippen molar-refractivity contribution in [3.05, 3.63) is 59.8 Å². The Bertz CT molecular complexity index is 927. The number of alkyl halides is 4. The van der Waals surface area contributed by atoms with Crippen molar-refractivity contribution in [3.8, 4) is 11.5 Å². The number of hydrogen-bond acceptors (Lipinski definition) is 3. The van der Waals surface area contributed by atoms with Gasteiger partial charge in [-0.3, -0.25) is 0 Å². The Kier molecular flexibility index (Phi) is 6.08. The Morgan fingerprint density at radius 3 is 2.75 bits per heavy atom. The molecule has 8 heteroatoms. The van der Waals surface area contributed by atoms with Gasteiger partial charge in [0.1, 0.15) is 11.5 Å². The van der Waals surface area contributed by atoms with Gasteiger partial charge in [-0.1, -0.05) is 12.1 Å². The van der Waals surface area contributed by atoms with Gasteiger partial charge >= 0.3 is 12.3 Å². The van der Waals surface area contributed by atoms with Crippen LogP contribution in [0.4, 0.5) is 17.6 Å². The van der Waals surface area contributed by atoms with Crippen molar-refractivity contribution >= 4 is 10.9 Å². The van der Waals surface area contributed by atoms with Crippen LogP contribution in [-0.4, -0.2) is 35.6 Å². The van der Waals surface area contributed by atoms with Crippen LogP contribution in [0.1, 0.15) is 11.1 Å². The highest BCUT2D eigenvalue weighted by atomic mass is 19.3. The lowest BCUT2D eigenvalue weighted by molar-refractivity contribution is -0.148. The zero-order valence-corrected chi connectivity index (χ0v) is 14.9. The van der Waals surface area contributed by atoms with Crippen molar-refractivity contribution in [1.82, 2.24) is 10.3 Å². The summed E-state index contributed by atoms with van der Waals surface area (Å²) in [4.78, 5) is 3.11. The molecule has 28 heavy (non-hydrogen) atoms. The van der Waals surface area contributed by atoms with Crippen LogP contribution in [0.3, 0.4) is 0 Å². The molecule has 1 heterocycles. The van der Waals surface area contributed by atoms with E-state index in [2.05, 4.69) is 10.3 Å². The van der Waals surface area contributed by atoms with Gasteiger partial charge < -0.3 is 20.1 Å². The van der Waals surface area contributed by atoms with Gasteiger partial charge in [-0.2, -0.15) is 8.78 Å². The lowest BCUT2D eigenvalue weighted by Crippen LogP contribution is -2.33. The summed E-state index contributed by atoms with van der Waals surface area (Å²) in [7, 11) is 0. The van der Waals surface area contributed by atoms with E-state index in [9.17, 15) is 22.7 Å². The summed E-state index contributed by atoms with van der Waals surface area (Å²) in [6, 6.07) is 11.6. The SMILES string of the molecule is Oc1ccc2c(CCNCc3cccc(OCC(F)(F)C(F)F)c3)c[nH]c2c1. The molecule has 0 aliphatic heterocycles. The molecule has 0 bridgehead atoms. The lowest BCUT2D eigenvalue weighted by atomic mass is 10.1. The van der Waals surface area contributed by atoms with Crippen LogP contribution in [0.15, 0.2) is 48.7 Å². The van der Waals surface area contributed by atoms with Crippen LogP contribution in [0.25, 0.3) is 10.9 Å². The molecule has 3 N–H and O–H groups in total. The minimum Gasteiger partial charge on any atom is -0.508 e. The Morgan fingerprint density at radius 1 is 1.14 bits per heavy atom. The number of benzene rings is 2. The molecule has 0 radical (unpaired) electrons. The molecular formula is C20H20F4N2O2. The average Bonchev–Trinajstić information content (AvgIpc) is 3.06. The predicted octanol–water partition coefficient (Wildman–Crippen LogP) is 4.49. The number of halogens is 4. The molecule has 0 aliphatic carbocycles. The fraction of sp³-hybridized carbons (Fsp3) is 0.300. The van der Waals surface area contributed by atoms with Gasteiger partial charge in [0.2, 0.25) is 0 Å². The zero-order chi connectivity index (χ0) is 20.1. The van der Waals surface area contributed by atoms with Crippen molar-refractivity contribution in [3.63, 3.8) is 0 Å². The summed E-state index contributed by atoms with van der Waals surface area (Å²) < 4.78 is 55.1. The number of hydrogen-bond donors (Lipinski definition) is 3. The average molecular weight is 396 g/mol. The Hall–Kier alpha value is -2.74. The van der Waals surface area contributed by atoms with E-state index in [0.29, 0.717) is 13.1 Å². The third-order valence-electron chi connectivity index (χ3n) is 4.30. The fourth-order valence-corrected chi connectivity index (χ4v) is 2.82. The highest BCUT2D eigenvalue weighted by Crippen LogP contribution is 2.25. The van der Waals surface area contributed by atoms with Gasteiger partial charge in [0.25, 0.3) is 0 Å². The van der Waals surface area contributed by atoms with E-state index in [0.717, 1.165) is 28.5 Å². The largest absolute Gasteiger partial charge is 0.508 e. The van der Waals surface area contributed by atoms with Gasteiger partial charge in [0.15, 0.2) is 6.61 Å². The number of aromatic amines is 1. The zero-order valence-electron chi connectivity index (χ0n) is 14.9. The Morgan fingerprint density at radius 2 is 1.96 bits per heavy atom. The molecular weight excluding hydrogens is 376 g/mol. The predicted molar refractivity (Wildman–Crippen MR) is 98.3 cm³/mol. The summed E-state index contributed by atoms with van der Waals surface area (Å²) in [6.45, 7) is -0.217. The van der Waals surface area contributed by atoms with E-state index < -0.39 is 19.0 Å². The van der Waals surface area contributed by atoms with E-state index in [1.54, 1.807) is 30.3 Å². The quantitative estimate of drug-likeness (QED) is 0.369. The van der Waals surface area contributed by atoms with Gasteiger partial charge in [0, 0.05) is 29.7 Å². The van der Waals surface area contributed by atoms with E-state index in [1.807, 2.05) is 12.3 Å². The van der Waals surface area contributed by atoms with Gasteiger partial charge in [-0.25, -0.2) is 8.78 Å². The molecule has 3 rings (SSSR count). The summed E-state index contributed by atoms with van der Waals surface area (Å²) in [5, 5.41) is 13.8. The third kappa shape index (κ3) is 4.95. The molecule has 2 aromatic carbocycles. The molecule has 0 saturated heterocycles. The number of nitrogens with one attached hydrogen (secondary N) is 2. The first-order valence-electron chi connectivity index (χ1n) is 8.72. The molecule has 3 aromatic rings. The second-order valence-electron chi connectivity index (χ2n) is 6.47. The number of aromatic hydroxyl groups is 1. The number of rotatable bonds is 9. The van der Waals surface area contributed by atoms with Crippen LogP contribution in [0.5, 0.6) is 11.5 Å². The summed E-state index contributed by atoms with van der Waals surface area (Å²) >= 11 is 0. The number of H-pyrrole nitrogens is 1. The molecule has 150 valence electrons. The molecule has 0 spiro atoms. The summed E-state index contributed by atoms with van der Waals surface area (Å²) in [6.07, 6.45) is -1.11. The maximum Gasteiger partial charge on any atom is 0.340 e. The minimum absolute atomic E-state index is 0.121. The molecule has 0 amide bonds. The number of aromatic nitrogens is 1. The van der Waals surface area contributed by atoms with Crippen LogP contribution < -0.4 is 10.1 Å². The van der Waals surface area contributed by atoms with Gasteiger partial charge in [-0.15, -0.1) is 0 Å². The van der Waals surface area contributed by atoms with Crippen molar-refractivity contribution in [2.75, 3.05) is 13.2 Å². The number of ether oxygens (including phenoxy) is 1. The third-order valence-corrected chi connectivity index (χ3v) is 4.30. The van der Waals surface area contributed by atoms with Crippen LogP contribution in [-0.2, 0) is 13.0 Å². The number of phenolic OH excluding ortho intramolecular Hbond substituents is 1. The normalized spacial score (nSPS) is 12.0. The van der Waals surface area contributed by atoms with Gasteiger partial charge in [-0.05, 0) is 48.4 Å². The summed E-state index contributed by atoms with van der Waals surface area (Å²) in [5.74, 6) is -3.85. The van der Waals surface area contributed by atoms with Crippen LogP contribution in [0.2, 0.25) is 0 Å². The molecule has 1 aromatic heterocycles. The lowest BCUT2D eigenvalue weighted by Gasteiger charge is -2.16. The molecule has 0 unspecified atom stereocenters. The monoisotopic (exact) mass is 396 g/mol. The highest BCUT2D eigenvalue weighted by molar-refractivity contribution is 5.84. The van der Waals surface area contributed by atoms with Crippen molar-refractivity contribution < 1.29 is 27.4 Å². The molecule has 0 aliphatic rings. The molecule has 0 saturated carbocycles.